The van der Waals surface area contributed by atoms with E-state index in [2.05, 4.69) is 10.2 Å². The molecule has 1 N–H and O–H groups in total. The lowest BCUT2D eigenvalue weighted by Gasteiger charge is -2.47. The molecule has 4 heterocycles. The van der Waals surface area contributed by atoms with E-state index in [-0.39, 0.29) is 30.4 Å². The summed E-state index contributed by atoms with van der Waals surface area (Å²) in [5.41, 5.74) is 0.132. The normalized spacial score (nSPS) is 25.9. The molecule has 0 spiro atoms. The number of benzene rings is 1. The molecule has 3 atom stereocenters. The number of nitrogens with zero attached hydrogens (tertiary/aromatic N) is 3. The van der Waals surface area contributed by atoms with Crippen molar-refractivity contribution in [2.45, 2.75) is 25.3 Å². The Morgan fingerprint density at radius 3 is 2.58 bits per heavy atom. The van der Waals surface area contributed by atoms with E-state index in [0.717, 1.165) is 17.0 Å². The first-order valence-electron chi connectivity index (χ1n) is 12.0. The number of likely N-dealkylation sites (tertiary alicyclic amines) is 1. The van der Waals surface area contributed by atoms with E-state index < -0.39 is 23.3 Å². The van der Waals surface area contributed by atoms with Gasteiger partial charge < -0.3 is 18.9 Å². The fourth-order valence-corrected chi connectivity index (χ4v) is 5.99. The summed E-state index contributed by atoms with van der Waals surface area (Å²) in [5, 5.41) is 2.38. The Morgan fingerprint density at radius 2 is 1.83 bits per heavy atom. The molecule has 2 bridgehead atoms. The second-order valence-corrected chi connectivity index (χ2v) is 9.95. The van der Waals surface area contributed by atoms with Gasteiger partial charge in [-0.1, -0.05) is 12.1 Å². The smallest absolute Gasteiger partial charge is 0.330 e. The molecule has 0 aliphatic carbocycles. The van der Waals surface area contributed by atoms with Gasteiger partial charge in [-0.05, 0) is 30.0 Å². The van der Waals surface area contributed by atoms with Crippen LogP contribution in [0.15, 0.2) is 41.2 Å². The Kier molecular flexibility index (Phi) is 6.07. The second-order valence-electron chi connectivity index (χ2n) is 9.95. The molecule has 36 heavy (non-hydrogen) atoms. The lowest BCUT2D eigenvalue weighted by molar-refractivity contribution is -0.152. The minimum atomic E-state index is -1.52. The highest BCUT2D eigenvalue weighted by molar-refractivity contribution is 6.19. The van der Waals surface area contributed by atoms with Crippen LogP contribution in [-0.2, 0) is 22.6 Å². The van der Waals surface area contributed by atoms with Crippen LogP contribution in [0.3, 0.4) is 0 Å². The number of imide groups is 2. The van der Waals surface area contributed by atoms with Crippen molar-refractivity contribution in [3.63, 3.8) is 0 Å². The van der Waals surface area contributed by atoms with Crippen LogP contribution in [-0.4, -0.2) is 73.1 Å². The van der Waals surface area contributed by atoms with E-state index >= 15 is 0 Å². The van der Waals surface area contributed by atoms with Gasteiger partial charge in [-0.15, -0.1) is 0 Å². The van der Waals surface area contributed by atoms with Gasteiger partial charge in [0.25, 0.3) is 5.56 Å². The molecule has 1 aromatic carbocycles. The molecular weight excluding hydrogens is 464 g/mol. The van der Waals surface area contributed by atoms with Crippen molar-refractivity contribution in [1.29, 1.82) is 0 Å². The van der Waals surface area contributed by atoms with Crippen molar-refractivity contribution >= 4 is 17.8 Å². The summed E-state index contributed by atoms with van der Waals surface area (Å²) in [6.45, 7) is 2.02. The average molecular weight is 495 g/mol. The molecule has 10 heteroatoms. The number of hydrogen-bond donors (Lipinski definition) is 1. The molecule has 2 fully saturated rings. The van der Waals surface area contributed by atoms with Gasteiger partial charge in [0, 0.05) is 63.4 Å². The molecule has 2 saturated heterocycles. The van der Waals surface area contributed by atoms with Crippen LogP contribution in [0.1, 0.15) is 23.6 Å². The Morgan fingerprint density at radius 1 is 1.03 bits per heavy atom. The fraction of sp³-hybridized carbons (Fsp3) is 0.462. The first-order chi connectivity index (χ1) is 17.3. The minimum Gasteiger partial charge on any atom is -0.497 e. The number of amides is 4. The fourth-order valence-electron chi connectivity index (χ4n) is 5.99. The number of piperidine rings is 1. The third-order valence-electron chi connectivity index (χ3n) is 7.71. The quantitative estimate of drug-likeness (QED) is 0.602. The zero-order valence-electron chi connectivity index (χ0n) is 20.7. The molecule has 190 valence electrons. The SMILES string of the molecule is COc1ccc(C[C@]2(CN3C[C@@H]4C[C@H](C3)c3cccc(=O)n3C4)C(=O)NC(=O)N(C)C2=O)c(OC)c1. The number of urea groups is 1. The van der Waals surface area contributed by atoms with Crippen molar-refractivity contribution in [2.24, 2.45) is 11.3 Å². The number of nitrogens with one attached hydrogen (secondary N) is 1. The molecule has 3 aliphatic heterocycles. The maximum Gasteiger partial charge on any atom is 0.330 e. The molecule has 0 radical (unpaired) electrons. The standard InChI is InChI=1S/C26H30N4O6/c1-28-24(33)26(23(32)27-25(28)34,11-17-7-8-19(35-2)10-21(17)36-3)15-29-12-16-9-18(14-29)20-5-4-6-22(31)30(20)13-16/h4-8,10,16,18H,9,11-15H2,1-3H3,(H,27,32,34)/t16-,18+,26-/m0/s1. The van der Waals surface area contributed by atoms with Gasteiger partial charge in [-0.3, -0.25) is 24.6 Å². The molecule has 2 aromatic rings. The van der Waals surface area contributed by atoms with E-state index in [4.69, 9.17) is 9.47 Å². The van der Waals surface area contributed by atoms with Gasteiger partial charge in [-0.25, -0.2) is 4.79 Å². The highest BCUT2D eigenvalue weighted by Crippen LogP contribution is 2.39. The summed E-state index contributed by atoms with van der Waals surface area (Å²) in [5.74, 6) is 0.291. The van der Waals surface area contributed by atoms with Crippen molar-refractivity contribution in [1.82, 2.24) is 19.7 Å². The Balaban J connectivity index is 1.50. The summed E-state index contributed by atoms with van der Waals surface area (Å²) in [6.07, 6.45) is 1.02. The average Bonchev–Trinajstić information content (AvgIpc) is 2.87. The van der Waals surface area contributed by atoms with Crippen LogP contribution >= 0.6 is 0 Å². The first kappa shape index (κ1) is 24.1. The molecule has 4 amide bonds. The van der Waals surface area contributed by atoms with Gasteiger partial charge >= 0.3 is 6.03 Å². The number of fused-ring (bicyclic) bond motifs is 4. The van der Waals surface area contributed by atoms with Gasteiger partial charge in [0.15, 0.2) is 0 Å². The number of ether oxygens (including phenoxy) is 2. The van der Waals surface area contributed by atoms with Crippen LogP contribution in [0.25, 0.3) is 0 Å². The van der Waals surface area contributed by atoms with E-state index in [1.807, 2.05) is 10.6 Å². The van der Waals surface area contributed by atoms with Gasteiger partial charge in [0.2, 0.25) is 11.8 Å². The summed E-state index contributed by atoms with van der Waals surface area (Å²) < 4.78 is 12.7. The van der Waals surface area contributed by atoms with E-state index in [0.29, 0.717) is 36.7 Å². The summed E-state index contributed by atoms with van der Waals surface area (Å²) in [4.78, 5) is 54.9. The van der Waals surface area contributed by atoms with Crippen molar-refractivity contribution < 1.29 is 23.9 Å². The lowest BCUT2D eigenvalue weighted by Crippen LogP contribution is -2.67. The number of methoxy groups -OCH3 is 2. The van der Waals surface area contributed by atoms with E-state index in [1.165, 1.54) is 14.2 Å². The molecule has 1 aromatic heterocycles. The number of rotatable bonds is 6. The second kappa shape index (κ2) is 9.09. The largest absolute Gasteiger partial charge is 0.497 e. The molecule has 5 rings (SSSR count). The van der Waals surface area contributed by atoms with Crippen LogP contribution in [0.2, 0.25) is 0 Å². The maximum atomic E-state index is 13.7. The third kappa shape index (κ3) is 3.95. The number of aromatic nitrogens is 1. The molecule has 0 saturated carbocycles. The van der Waals surface area contributed by atoms with Crippen LogP contribution in [0, 0.1) is 11.3 Å². The Hall–Kier alpha value is -3.66. The summed E-state index contributed by atoms with van der Waals surface area (Å²) >= 11 is 0. The van der Waals surface area contributed by atoms with E-state index in [1.54, 1.807) is 37.4 Å². The zero-order chi connectivity index (χ0) is 25.6. The predicted octanol–water partition coefficient (Wildman–Crippen LogP) is 1.22. The molecule has 3 aliphatic rings. The number of carbonyl (C=O) groups is 3. The first-order valence-corrected chi connectivity index (χ1v) is 12.0. The van der Waals surface area contributed by atoms with E-state index in [9.17, 15) is 19.2 Å². The monoisotopic (exact) mass is 494 g/mol. The van der Waals surface area contributed by atoms with Gasteiger partial charge in [-0.2, -0.15) is 0 Å². The van der Waals surface area contributed by atoms with Gasteiger partial charge in [0.05, 0.1) is 14.2 Å². The van der Waals surface area contributed by atoms with Crippen molar-refractivity contribution in [2.75, 3.05) is 40.9 Å². The highest BCUT2D eigenvalue weighted by Gasteiger charge is 2.54. The summed E-state index contributed by atoms with van der Waals surface area (Å²) in [7, 11) is 4.46. The topological polar surface area (TPSA) is 110 Å². The zero-order valence-corrected chi connectivity index (χ0v) is 20.7. The number of barbiturate groups is 1. The van der Waals surface area contributed by atoms with Crippen molar-refractivity contribution in [3.8, 4) is 11.5 Å². The Bertz CT molecular complexity index is 1290. The van der Waals surface area contributed by atoms with Crippen LogP contribution < -0.4 is 20.3 Å². The lowest BCUT2D eigenvalue weighted by atomic mass is 9.75. The maximum absolute atomic E-state index is 13.7. The predicted molar refractivity (Wildman–Crippen MR) is 130 cm³/mol. The Labute approximate surface area is 208 Å². The van der Waals surface area contributed by atoms with Crippen LogP contribution in [0.4, 0.5) is 4.79 Å². The van der Waals surface area contributed by atoms with Gasteiger partial charge in [0.1, 0.15) is 16.9 Å². The minimum absolute atomic E-state index is 0.000643. The van der Waals surface area contributed by atoms with Crippen LogP contribution in [0.5, 0.6) is 11.5 Å². The number of hydrogen-bond acceptors (Lipinski definition) is 7. The number of carbonyl (C=O) groups excluding carboxylic acids is 3. The highest BCUT2D eigenvalue weighted by atomic mass is 16.5. The molecule has 10 nitrogen and oxygen atoms in total. The van der Waals surface area contributed by atoms with Crippen molar-refractivity contribution in [3.05, 3.63) is 58.0 Å². The molecule has 0 unspecified atom stereocenters. The summed E-state index contributed by atoms with van der Waals surface area (Å²) in [6, 6.07) is 9.86. The number of pyridine rings is 1. The molecular formula is C26H30N4O6. The third-order valence-corrected chi connectivity index (χ3v) is 7.71.